The zero-order chi connectivity index (χ0) is 17.9. The Bertz CT molecular complexity index is 1040. The number of carbonyl (C=O) groups is 1. The Hall–Kier alpha value is -3.74. The van der Waals surface area contributed by atoms with Gasteiger partial charge in [0, 0.05) is 24.2 Å². The van der Waals surface area contributed by atoms with Gasteiger partial charge in [0.1, 0.15) is 5.76 Å². The summed E-state index contributed by atoms with van der Waals surface area (Å²) in [5.41, 5.74) is 1.58. The molecule has 0 aliphatic heterocycles. The monoisotopic (exact) mass is 345 g/mol. The number of oxazole rings is 1. The fraction of sp³-hybridized carbons (Fsp3) is 0.0526. The van der Waals surface area contributed by atoms with Crippen LogP contribution in [0.25, 0.3) is 17.3 Å². The van der Waals surface area contributed by atoms with E-state index in [9.17, 15) is 4.79 Å². The minimum atomic E-state index is -0.366. The van der Waals surface area contributed by atoms with Gasteiger partial charge in [-0.3, -0.25) is 4.79 Å². The van der Waals surface area contributed by atoms with E-state index in [0.29, 0.717) is 23.2 Å². The summed E-state index contributed by atoms with van der Waals surface area (Å²) in [4.78, 5) is 21.3. The van der Waals surface area contributed by atoms with E-state index < -0.39 is 0 Å². The standard InChI is InChI=1S/C19H15N5O2/c1-13-16(23-19(26-13)14-7-3-2-4-8-14)18(25)22-15-9-5-10-20-17(15)24-12-6-11-21-24/h2-12H,1H3,(H,22,25). The SMILES string of the molecule is Cc1oc(-c2ccccc2)nc1C(=O)Nc1cccnc1-n1cccn1. The molecule has 0 fully saturated rings. The maximum atomic E-state index is 12.7. The lowest BCUT2D eigenvalue weighted by atomic mass is 10.2. The summed E-state index contributed by atoms with van der Waals surface area (Å²) in [5.74, 6) is 1.02. The first-order valence-corrected chi connectivity index (χ1v) is 8.01. The molecular weight excluding hydrogens is 330 g/mol. The fourth-order valence-corrected chi connectivity index (χ4v) is 2.56. The summed E-state index contributed by atoms with van der Waals surface area (Å²) < 4.78 is 7.24. The summed E-state index contributed by atoms with van der Waals surface area (Å²) >= 11 is 0. The Balaban J connectivity index is 1.63. The van der Waals surface area contributed by atoms with Crippen LogP contribution < -0.4 is 5.32 Å². The van der Waals surface area contributed by atoms with Gasteiger partial charge in [0.05, 0.1) is 5.69 Å². The first kappa shape index (κ1) is 15.8. The number of aromatic nitrogens is 4. The summed E-state index contributed by atoms with van der Waals surface area (Å²) in [6.07, 6.45) is 5.04. The summed E-state index contributed by atoms with van der Waals surface area (Å²) in [5, 5.41) is 6.99. The Morgan fingerprint density at radius 3 is 2.69 bits per heavy atom. The van der Waals surface area contributed by atoms with Gasteiger partial charge in [0.15, 0.2) is 11.5 Å². The molecule has 0 spiro atoms. The molecule has 7 nitrogen and oxygen atoms in total. The molecule has 1 N–H and O–H groups in total. The number of rotatable bonds is 4. The van der Waals surface area contributed by atoms with E-state index in [1.165, 1.54) is 0 Å². The number of nitrogens with zero attached hydrogens (tertiary/aromatic N) is 4. The van der Waals surface area contributed by atoms with Gasteiger partial charge in [-0.15, -0.1) is 0 Å². The van der Waals surface area contributed by atoms with Gasteiger partial charge in [-0.05, 0) is 37.3 Å². The molecule has 0 saturated carbocycles. The minimum Gasteiger partial charge on any atom is -0.441 e. The molecule has 0 radical (unpaired) electrons. The van der Waals surface area contributed by atoms with Gasteiger partial charge >= 0.3 is 0 Å². The van der Waals surface area contributed by atoms with Crippen LogP contribution in [0.1, 0.15) is 16.2 Å². The van der Waals surface area contributed by atoms with Crippen LogP contribution in [-0.4, -0.2) is 25.7 Å². The van der Waals surface area contributed by atoms with Crippen molar-refractivity contribution in [1.82, 2.24) is 19.7 Å². The Morgan fingerprint density at radius 1 is 1.08 bits per heavy atom. The molecule has 7 heteroatoms. The lowest BCUT2D eigenvalue weighted by Crippen LogP contribution is -2.16. The maximum Gasteiger partial charge on any atom is 0.278 e. The first-order chi connectivity index (χ1) is 12.7. The van der Waals surface area contributed by atoms with Crippen molar-refractivity contribution in [2.75, 3.05) is 5.32 Å². The zero-order valence-corrected chi connectivity index (χ0v) is 14.0. The third kappa shape index (κ3) is 2.98. The molecule has 0 unspecified atom stereocenters. The van der Waals surface area contributed by atoms with Crippen LogP contribution in [0.15, 0.2) is 71.5 Å². The molecule has 4 rings (SSSR count). The number of anilines is 1. The molecule has 26 heavy (non-hydrogen) atoms. The van der Waals surface area contributed by atoms with Crippen LogP contribution in [-0.2, 0) is 0 Å². The van der Waals surface area contributed by atoms with Crippen molar-refractivity contribution in [3.63, 3.8) is 0 Å². The highest BCUT2D eigenvalue weighted by Gasteiger charge is 2.19. The van der Waals surface area contributed by atoms with E-state index in [1.54, 1.807) is 48.4 Å². The molecule has 0 aliphatic rings. The van der Waals surface area contributed by atoms with E-state index in [4.69, 9.17) is 4.42 Å². The zero-order valence-electron chi connectivity index (χ0n) is 14.0. The minimum absolute atomic E-state index is 0.235. The average Bonchev–Trinajstić information content (AvgIpc) is 3.33. The summed E-state index contributed by atoms with van der Waals surface area (Å²) in [6.45, 7) is 1.71. The smallest absolute Gasteiger partial charge is 0.278 e. The Kier molecular flexibility index (Phi) is 4.03. The highest BCUT2D eigenvalue weighted by Crippen LogP contribution is 2.23. The topological polar surface area (TPSA) is 85.8 Å². The quantitative estimate of drug-likeness (QED) is 0.612. The molecule has 4 aromatic rings. The van der Waals surface area contributed by atoms with E-state index in [1.807, 2.05) is 30.3 Å². The van der Waals surface area contributed by atoms with Gasteiger partial charge in [0.2, 0.25) is 5.89 Å². The van der Waals surface area contributed by atoms with Crippen molar-refractivity contribution in [2.24, 2.45) is 0 Å². The van der Waals surface area contributed by atoms with E-state index in [0.717, 1.165) is 5.56 Å². The molecule has 0 bridgehead atoms. The van der Waals surface area contributed by atoms with Gasteiger partial charge in [0.25, 0.3) is 5.91 Å². The lowest BCUT2D eigenvalue weighted by molar-refractivity contribution is 0.102. The van der Waals surface area contributed by atoms with E-state index in [-0.39, 0.29) is 11.6 Å². The Labute approximate surface area is 149 Å². The van der Waals surface area contributed by atoms with Crippen molar-refractivity contribution < 1.29 is 9.21 Å². The van der Waals surface area contributed by atoms with Gasteiger partial charge < -0.3 is 9.73 Å². The second kappa shape index (κ2) is 6.64. The summed E-state index contributed by atoms with van der Waals surface area (Å²) in [6, 6.07) is 14.7. The maximum absolute atomic E-state index is 12.7. The lowest BCUT2D eigenvalue weighted by Gasteiger charge is -2.08. The number of pyridine rings is 1. The largest absolute Gasteiger partial charge is 0.441 e. The first-order valence-electron chi connectivity index (χ1n) is 8.01. The molecular formula is C19H15N5O2. The third-order valence-electron chi connectivity index (χ3n) is 3.79. The number of amides is 1. The van der Waals surface area contributed by atoms with Gasteiger partial charge in [-0.25, -0.2) is 14.6 Å². The third-order valence-corrected chi connectivity index (χ3v) is 3.79. The van der Waals surface area contributed by atoms with Crippen LogP contribution in [0.3, 0.4) is 0 Å². The number of hydrogen-bond acceptors (Lipinski definition) is 5. The number of nitrogens with one attached hydrogen (secondary N) is 1. The predicted molar refractivity (Wildman–Crippen MR) is 96.0 cm³/mol. The molecule has 128 valence electrons. The van der Waals surface area contributed by atoms with Crippen molar-refractivity contribution in [2.45, 2.75) is 6.92 Å². The van der Waals surface area contributed by atoms with Gasteiger partial charge in [-0.1, -0.05) is 18.2 Å². The average molecular weight is 345 g/mol. The van der Waals surface area contributed by atoms with Crippen molar-refractivity contribution in [3.05, 3.63) is 78.6 Å². The second-order valence-electron chi connectivity index (χ2n) is 5.57. The van der Waals surface area contributed by atoms with Crippen LogP contribution in [0.2, 0.25) is 0 Å². The highest BCUT2D eigenvalue weighted by molar-refractivity contribution is 6.04. The molecule has 0 aliphatic carbocycles. The normalized spacial score (nSPS) is 10.7. The number of aryl methyl sites for hydroxylation is 1. The molecule has 3 heterocycles. The number of carbonyl (C=O) groups excluding carboxylic acids is 1. The highest BCUT2D eigenvalue weighted by atomic mass is 16.4. The predicted octanol–water partition coefficient (Wildman–Crippen LogP) is 3.48. The molecule has 0 atom stereocenters. The summed E-state index contributed by atoms with van der Waals surface area (Å²) in [7, 11) is 0. The van der Waals surface area contributed by atoms with Crippen LogP contribution in [0.5, 0.6) is 0 Å². The van der Waals surface area contributed by atoms with Crippen molar-refractivity contribution in [1.29, 1.82) is 0 Å². The van der Waals surface area contributed by atoms with Crippen LogP contribution >= 0.6 is 0 Å². The van der Waals surface area contributed by atoms with Crippen molar-refractivity contribution in [3.8, 4) is 17.3 Å². The molecule has 1 aromatic carbocycles. The van der Waals surface area contributed by atoms with Gasteiger partial charge in [-0.2, -0.15) is 5.10 Å². The molecule has 3 aromatic heterocycles. The molecule has 0 saturated heterocycles. The number of hydrogen-bond donors (Lipinski definition) is 1. The van der Waals surface area contributed by atoms with E-state index >= 15 is 0 Å². The Morgan fingerprint density at radius 2 is 1.92 bits per heavy atom. The fourth-order valence-electron chi connectivity index (χ4n) is 2.56. The number of benzene rings is 1. The second-order valence-corrected chi connectivity index (χ2v) is 5.57. The van der Waals surface area contributed by atoms with Crippen LogP contribution in [0, 0.1) is 6.92 Å². The van der Waals surface area contributed by atoms with E-state index in [2.05, 4.69) is 20.4 Å². The molecule has 1 amide bonds. The van der Waals surface area contributed by atoms with Crippen LogP contribution in [0.4, 0.5) is 5.69 Å². The van der Waals surface area contributed by atoms with Crippen molar-refractivity contribution >= 4 is 11.6 Å².